The van der Waals surface area contributed by atoms with Gasteiger partial charge in [0.25, 0.3) is 0 Å². The van der Waals surface area contributed by atoms with Crippen LogP contribution in [-0.2, 0) is 23.8 Å². The maximum absolute atomic E-state index is 12.8. The molecule has 0 spiro atoms. The highest BCUT2D eigenvalue weighted by Gasteiger charge is 2.17. The van der Waals surface area contributed by atoms with Gasteiger partial charge >= 0.3 is 11.9 Å². The van der Waals surface area contributed by atoms with Gasteiger partial charge in [0.2, 0.25) is 0 Å². The summed E-state index contributed by atoms with van der Waals surface area (Å²) in [7, 11) is 0. The maximum Gasteiger partial charge on any atom is 0.306 e. The van der Waals surface area contributed by atoms with Crippen molar-refractivity contribution in [2.45, 2.75) is 232 Å². The van der Waals surface area contributed by atoms with Crippen molar-refractivity contribution >= 4 is 11.9 Å². The summed E-state index contributed by atoms with van der Waals surface area (Å²) in [5.41, 5.74) is 0. The summed E-state index contributed by atoms with van der Waals surface area (Å²) < 4.78 is 17.3. The zero-order chi connectivity index (χ0) is 44.9. The molecule has 0 N–H and O–H groups in total. The molecule has 0 amide bonds. The fraction of sp³-hybridized carbons (Fsp3) is 0.684. The van der Waals surface area contributed by atoms with E-state index >= 15 is 0 Å². The summed E-state index contributed by atoms with van der Waals surface area (Å²) >= 11 is 0. The van der Waals surface area contributed by atoms with Crippen molar-refractivity contribution in [3.05, 3.63) is 97.2 Å². The van der Waals surface area contributed by atoms with Crippen LogP contribution in [0, 0.1) is 0 Å². The molecule has 0 aromatic carbocycles. The van der Waals surface area contributed by atoms with Crippen molar-refractivity contribution in [2.24, 2.45) is 0 Å². The molecule has 1 unspecified atom stereocenters. The summed E-state index contributed by atoms with van der Waals surface area (Å²) in [6.07, 6.45) is 69.9. The predicted molar refractivity (Wildman–Crippen MR) is 270 cm³/mol. The van der Waals surface area contributed by atoms with E-state index in [-0.39, 0.29) is 25.2 Å². The standard InChI is InChI=1S/C57H96O5/c1-4-7-10-13-16-19-22-24-26-28-29-31-32-34-36-38-41-44-47-50-56(58)61-54-55(53-60-52-49-46-43-40-21-18-15-12-9-6-3)62-57(59)51-48-45-42-39-37-35-33-30-27-25-23-20-17-14-11-8-5-2/h7,10,16-17,19-20,24-27,29,31,34,36,41,44,55H,4-6,8-9,11-15,18,21-23,28,30,32-33,35,37-40,42-43,45-54H2,1-3H3/b10-7-,19-16-,20-17-,26-24-,27-25-,31-29-,36-34-,44-41-. The Morgan fingerprint density at radius 2 is 0.758 bits per heavy atom. The number of carbonyl (C=O) groups is 2. The van der Waals surface area contributed by atoms with Gasteiger partial charge in [0.1, 0.15) is 6.61 Å². The first-order valence-electron chi connectivity index (χ1n) is 25.8. The van der Waals surface area contributed by atoms with Gasteiger partial charge in [0.15, 0.2) is 6.10 Å². The van der Waals surface area contributed by atoms with Crippen LogP contribution in [0.15, 0.2) is 97.2 Å². The van der Waals surface area contributed by atoms with Crippen LogP contribution in [0.5, 0.6) is 0 Å². The molecule has 1 atom stereocenters. The van der Waals surface area contributed by atoms with Crippen molar-refractivity contribution in [3.63, 3.8) is 0 Å². The molecule has 0 aliphatic heterocycles. The van der Waals surface area contributed by atoms with Crippen LogP contribution in [0.25, 0.3) is 0 Å². The molecule has 5 nitrogen and oxygen atoms in total. The molecule has 0 bridgehead atoms. The summed E-state index contributed by atoms with van der Waals surface area (Å²) in [5.74, 6) is -0.504. The summed E-state index contributed by atoms with van der Waals surface area (Å²) in [5, 5.41) is 0. The fourth-order valence-electron chi connectivity index (χ4n) is 6.80. The summed E-state index contributed by atoms with van der Waals surface area (Å²) in [6.45, 7) is 7.60. The second-order valence-electron chi connectivity index (χ2n) is 16.7. The van der Waals surface area contributed by atoms with Crippen molar-refractivity contribution in [1.29, 1.82) is 0 Å². The number of hydrogen-bond acceptors (Lipinski definition) is 5. The number of allylic oxidation sites excluding steroid dienone is 16. The minimum atomic E-state index is -0.573. The number of carbonyl (C=O) groups excluding carboxylic acids is 2. The molecule has 0 rings (SSSR count). The van der Waals surface area contributed by atoms with Crippen LogP contribution >= 0.6 is 0 Å². The lowest BCUT2D eigenvalue weighted by Gasteiger charge is -2.18. The Morgan fingerprint density at radius 1 is 0.371 bits per heavy atom. The van der Waals surface area contributed by atoms with E-state index in [1.54, 1.807) is 0 Å². The molecule has 0 aliphatic rings. The number of esters is 2. The summed E-state index contributed by atoms with van der Waals surface area (Å²) in [4.78, 5) is 25.3. The van der Waals surface area contributed by atoms with Crippen LogP contribution in [0.1, 0.15) is 226 Å². The topological polar surface area (TPSA) is 61.8 Å². The minimum absolute atomic E-state index is 0.0390. The lowest BCUT2D eigenvalue weighted by atomic mass is 10.1. The number of ether oxygens (including phenoxy) is 3. The molecule has 0 aromatic heterocycles. The molecule has 0 fully saturated rings. The Hall–Kier alpha value is -3.18. The van der Waals surface area contributed by atoms with Gasteiger partial charge in [-0.1, -0.05) is 221 Å². The van der Waals surface area contributed by atoms with E-state index in [9.17, 15) is 9.59 Å². The van der Waals surface area contributed by atoms with Gasteiger partial charge in [-0.05, 0) is 89.9 Å². The molecular weight excluding hydrogens is 765 g/mol. The maximum atomic E-state index is 12.8. The third kappa shape index (κ3) is 49.5. The Bertz CT molecular complexity index is 1200. The average molecular weight is 861 g/mol. The van der Waals surface area contributed by atoms with E-state index < -0.39 is 6.10 Å². The van der Waals surface area contributed by atoms with E-state index in [0.717, 1.165) is 77.0 Å². The second-order valence-corrected chi connectivity index (χ2v) is 16.7. The highest BCUT2D eigenvalue weighted by Crippen LogP contribution is 2.13. The van der Waals surface area contributed by atoms with Gasteiger partial charge in [-0.25, -0.2) is 0 Å². The van der Waals surface area contributed by atoms with Gasteiger partial charge in [-0.15, -0.1) is 0 Å². The zero-order valence-electron chi connectivity index (χ0n) is 40.6. The molecule has 0 saturated heterocycles. The van der Waals surface area contributed by atoms with Crippen molar-refractivity contribution in [3.8, 4) is 0 Å². The second kappa shape index (κ2) is 52.2. The minimum Gasteiger partial charge on any atom is -0.462 e. The molecule has 0 aromatic rings. The molecule has 0 radical (unpaired) electrons. The lowest BCUT2D eigenvalue weighted by Crippen LogP contribution is -2.30. The smallest absolute Gasteiger partial charge is 0.306 e. The van der Waals surface area contributed by atoms with E-state index in [4.69, 9.17) is 14.2 Å². The zero-order valence-corrected chi connectivity index (χ0v) is 40.6. The lowest BCUT2D eigenvalue weighted by molar-refractivity contribution is -0.162. The highest BCUT2D eigenvalue weighted by atomic mass is 16.6. The van der Waals surface area contributed by atoms with Gasteiger partial charge < -0.3 is 14.2 Å². The fourth-order valence-corrected chi connectivity index (χ4v) is 6.80. The first-order chi connectivity index (χ1) is 30.6. The number of hydrogen-bond donors (Lipinski definition) is 0. The van der Waals surface area contributed by atoms with Crippen LogP contribution in [0.4, 0.5) is 0 Å². The third-order valence-electron chi connectivity index (χ3n) is 10.6. The monoisotopic (exact) mass is 861 g/mol. The van der Waals surface area contributed by atoms with Crippen LogP contribution in [0.3, 0.4) is 0 Å². The Balaban J connectivity index is 4.36. The van der Waals surface area contributed by atoms with Crippen molar-refractivity contribution in [1.82, 2.24) is 0 Å². The third-order valence-corrected chi connectivity index (χ3v) is 10.6. The molecule has 62 heavy (non-hydrogen) atoms. The van der Waals surface area contributed by atoms with Gasteiger partial charge in [0, 0.05) is 19.4 Å². The highest BCUT2D eigenvalue weighted by molar-refractivity contribution is 5.70. The molecule has 5 heteroatoms. The molecule has 0 saturated carbocycles. The van der Waals surface area contributed by atoms with Gasteiger partial charge in [0.05, 0.1) is 6.61 Å². The van der Waals surface area contributed by atoms with Gasteiger partial charge in [-0.2, -0.15) is 0 Å². The number of unbranched alkanes of at least 4 members (excludes halogenated alkanes) is 19. The van der Waals surface area contributed by atoms with Crippen LogP contribution in [-0.4, -0.2) is 37.9 Å². The van der Waals surface area contributed by atoms with Crippen LogP contribution in [0.2, 0.25) is 0 Å². The van der Waals surface area contributed by atoms with E-state index in [1.165, 1.54) is 109 Å². The average Bonchev–Trinajstić information content (AvgIpc) is 3.27. The largest absolute Gasteiger partial charge is 0.462 e. The number of rotatable bonds is 46. The first-order valence-corrected chi connectivity index (χ1v) is 25.8. The Morgan fingerprint density at radius 3 is 1.26 bits per heavy atom. The van der Waals surface area contributed by atoms with E-state index in [2.05, 4.69) is 112 Å². The van der Waals surface area contributed by atoms with Crippen molar-refractivity contribution in [2.75, 3.05) is 19.8 Å². The van der Waals surface area contributed by atoms with E-state index in [1.807, 2.05) is 6.08 Å². The Kier molecular flexibility index (Phi) is 49.5. The van der Waals surface area contributed by atoms with Gasteiger partial charge in [-0.3, -0.25) is 9.59 Å². The van der Waals surface area contributed by atoms with Crippen LogP contribution < -0.4 is 0 Å². The molecular formula is C57H96O5. The molecule has 0 aliphatic carbocycles. The van der Waals surface area contributed by atoms with E-state index in [0.29, 0.717) is 25.9 Å². The predicted octanol–water partition coefficient (Wildman–Crippen LogP) is 17.5. The quantitative estimate of drug-likeness (QED) is 0.0347. The summed E-state index contributed by atoms with van der Waals surface area (Å²) in [6, 6.07) is 0. The first kappa shape index (κ1) is 58.8. The normalized spacial score (nSPS) is 13.0. The molecule has 354 valence electrons. The molecule has 0 heterocycles. The van der Waals surface area contributed by atoms with Crippen molar-refractivity contribution < 1.29 is 23.8 Å². The Labute approximate surface area is 383 Å². The SMILES string of the molecule is CC/C=C\C/C=C\C/C=C\C/C=C\C/C=C\C/C=C\CCC(=O)OCC(COCCCCCCCCCCCC)OC(=O)CCCCCCCCC/C=C\C/C=C\CCCCC.